The van der Waals surface area contributed by atoms with Crippen LogP contribution in [0.25, 0.3) is 0 Å². The normalized spacial score (nSPS) is 12.4. The molecule has 1 heterocycles. The Morgan fingerprint density at radius 2 is 2.50 bits per heavy atom. The lowest BCUT2D eigenvalue weighted by Gasteiger charge is -2.08. The number of amides is 1. The number of rotatable bonds is 7. The topological polar surface area (TPSA) is 96.7 Å². The first-order chi connectivity index (χ1) is 7.72. The van der Waals surface area contributed by atoms with Crippen molar-refractivity contribution in [2.45, 2.75) is 26.2 Å². The maximum absolute atomic E-state index is 11.4. The average molecular weight is 225 g/mol. The van der Waals surface area contributed by atoms with Crippen LogP contribution in [0.5, 0.6) is 0 Å². The summed E-state index contributed by atoms with van der Waals surface area (Å²) in [5.41, 5.74) is 5.44. The number of hydrogen-bond acceptors (Lipinski definition) is 4. The van der Waals surface area contributed by atoms with Crippen LogP contribution in [0.1, 0.15) is 25.6 Å². The Balaban J connectivity index is 2.04. The smallest absolute Gasteiger partial charge is 0.220 e. The first kappa shape index (κ1) is 12.6. The van der Waals surface area contributed by atoms with E-state index >= 15 is 0 Å². The molecule has 16 heavy (non-hydrogen) atoms. The predicted octanol–water partition coefficient (Wildman–Crippen LogP) is -0.162. The Morgan fingerprint density at radius 1 is 1.69 bits per heavy atom. The SMILES string of the molecule is CC(CN)CC(=O)NCCCc1ncn[nH]1. The second-order valence-corrected chi connectivity index (χ2v) is 3.93. The van der Waals surface area contributed by atoms with Crippen molar-refractivity contribution < 1.29 is 4.79 Å². The van der Waals surface area contributed by atoms with E-state index in [1.165, 1.54) is 6.33 Å². The van der Waals surface area contributed by atoms with Crippen molar-refractivity contribution in [3.05, 3.63) is 12.2 Å². The van der Waals surface area contributed by atoms with E-state index in [1.54, 1.807) is 0 Å². The number of aromatic amines is 1. The van der Waals surface area contributed by atoms with Gasteiger partial charge < -0.3 is 11.1 Å². The van der Waals surface area contributed by atoms with E-state index in [-0.39, 0.29) is 11.8 Å². The van der Waals surface area contributed by atoms with Gasteiger partial charge in [-0.15, -0.1) is 0 Å². The molecule has 90 valence electrons. The molecule has 0 spiro atoms. The van der Waals surface area contributed by atoms with Crippen molar-refractivity contribution in [3.8, 4) is 0 Å². The minimum absolute atomic E-state index is 0.0653. The zero-order valence-electron chi connectivity index (χ0n) is 9.57. The molecular weight excluding hydrogens is 206 g/mol. The molecule has 0 aromatic carbocycles. The van der Waals surface area contributed by atoms with Gasteiger partial charge >= 0.3 is 0 Å². The van der Waals surface area contributed by atoms with Gasteiger partial charge in [-0.2, -0.15) is 5.10 Å². The second kappa shape index (κ2) is 6.95. The lowest BCUT2D eigenvalue weighted by molar-refractivity contribution is -0.121. The fraction of sp³-hybridized carbons (Fsp3) is 0.700. The fourth-order valence-electron chi connectivity index (χ4n) is 1.31. The molecule has 0 aliphatic heterocycles. The molecule has 4 N–H and O–H groups in total. The number of carbonyl (C=O) groups excluding carboxylic acids is 1. The molecule has 6 heteroatoms. The Kier molecular flexibility index (Phi) is 5.49. The van der Waals surface area contributed by atoms with Crippen molar-refractivity contribution in [1.82, 2.24) is 20.5 Å². The molecule has 0 aliphatic carbocycles. The summed E-state index contributed by atoms with van der Waals surface area (Å²) in [7, 11) is 0. The third-order valence-corrected chi connectivity index (χ3v) is 2.31. The molecule has 0 aliphatic rings. The zero-order valence-corrected chi connectivity index (χ0v) is 9.57. The molecule has 0 saturated heterocycles. The summed E-state index contributed by atoms with van der Waals surface area (Å²) in [6.07, 6.45) is 3.64. The van der Waals surface area contributed by atoms with Crippen molar-refractivity contribution in [1.29, 1.82) is 0 Å². The van der Waals surface area contributed by atoms with Crippen LogP contribution in [0, 0.1) is 5.92 Å². The van der Waals surface area contributed by atoms with Crippen molar-refractivity contribution >= 4 is 5.91 Å². The zero-order chi connectivity index (χ0) is 11.8. The molecule has 0 fully saturated rings. The van der Waals surface area contributed by atoms with Crippen LogP contribution < -0.4 is 11.1 Å². The molecule has 1 aromatic rings. The van der Waals surface area contributed by atoms with Crippen molar-refractivity contribution in [2.75, 3.05) is 13.1 Å². The van der Waals surface area contributed by atoms with E-state index in [0.29, 0.717) is 19.5 Å². The number of aryl methyl sites for hydroxylation is 1. The second-order valence-electron chi connectivity index (χ2n) is 3.93. The first-order valence-corrected chi connectivity index (χ1v) is 5.53. The number of nitrogens with zero attached hydrogens (tertiary/aromatic N) is 2. The van der Waals surface area contributed by atoms with E-state index in [1.807, 2.05) is 6.92 Å². The highest BCUT2D eigenvalue weighted by molar-refractivity contribution is 5.76. The van der Waals surface area contributed by atoms with Crippen molar-refractivity contribution in [3.63, 3.8) is 0 Å². The highest BCUT2D eigenvalue weighted by atomic mass is 16.1. The largest absolute Gasteiger partial charge is 0.356 e. The number of carbonyl (C=O) groups is 1. The van der Waals surface area contributed by atoms with Crippen molar-refractivity contribution in [2.24, 2.45) is 11.7 Å². The van der Waals surface area contributed by atoms with Gasteiger partial charge in [0.1, 0.15) is 12.2 Å². The molecule has 1 unspecified atom stereocenters. The van der Waals surface area contributed by atoms with E-state index in [0.717, 1.165) is 18.7 Å². The molecule has 0 saturated carbocycles. The van der Waals surface area contributed by atoms with E-state index in [4.69, 9.17) is 5.73 Å². The summed E-state index contributed by atoms with van der Waals surface area (Å²) < 4.78 is 0. The van der Waals surface area contributed by atoms with Gasteiger partial charge in [0.25, 0.3) is 0 Å². The average Bonchev–Trinajstić information content (AvgIpc) is 2.77. The van der Waals surface area contributed by atoms with Crippen LogP contribution in [0.3, 0.4) is 0 Å². The highest BCUT2D eigenvalue weighted by Crippen LogP contribution is 1.98. The minimum Gasteiger partial charge on any atom is -0.356 e. The highest BCUT2D eigenvalue weighted by Gasteiger charge is 2.06. The molecule has 1 amide bonds. The lowest BCUT2D eigenvalue weighted by Crippen LogP contribution is -2.28. The van der Waals surface area contributed by atoms with Crippen LogP contribution >= 0.6 is 0 Å². The van der Waals surface area contributed by atoms with Crippen LogP contribution in [-0.2, 0) is 11.2 Å². The third kappa shape index (κ3) is 4.88. The summed E-state index contributed by atoms with van der Waals surface area (Å²) in [4.78, 5) is 15.4. The van der Waals surface area contributed by atoms with Gasteiger partial charge in [0, 0.05) is 19.4 Å². The molecule has 6 nitrogen and oxygen atoms in total. The summed E-state index contributed by atoms with van der Waals surface area (Å²) in [5, 5.41) is 9.38. The molecule has 1 aromatic heterocycles. The first-order valence-electron chi connectivity index (χ1n) is 5.53. The predicted molar refractivity (Wildman–Crippen MR) is 60.5 cm³/mol. The number of H-pyrrole nitrogens is 1. The standard InChI is InChI=1S/C10H19N5O/c1-8(6-11)5-10(16)12-4-2-3-9-13-7-14-15-9/h7-8H,2-6,11H2,1H3,(H,12,16)(H,13,14,15). The molecule has 1 rings (SSSR count). The van der Waals surface area contributed by atoms with E-state index in [2.05, 4.69) is 20.5 Å². The van der Waals surface area contributed by atoms with Crippen LogP contribution in [0.2, 0.25) is 0 Å². The summed E-state index contributed by atoms with van der Waals surface area (Å²) in [5.74, 6) is 1.16. The number of aromatic nitrogens is 3. The van der Waals surface area contributed by atoms with Gasteiger partial charge in [0.2, 0.25) is 5.91 Å². The number of nitrogens with two attached hydrogens (primary N) is 1. The molecular formula is C10H19N5O. The summed E-state index contributed by atoms with van der Waals surface area (Å²) in [6, 6.07) is 0. The third-order valence-electron chi connectivity index (χ3n) is 2.31. The monoisotopic (exact) mass is 225 g/mol. The van der Waals surface area contributed by atoms with Gasteiger partial charge in [-0.25, -0.2) is 4.98 Å². The van der Waals surface area contributed by atoms with E-state index in [9.17, 15) is 4.79 Å². The molecule has 1 atom stereocenters. The summed E-state index contributed by atoms with van der Waals surface area (Å²) in [6.45, 7) is 3.18. The molecule has 0 radical (unpaired) electrons. The number of hydrogen-bond donors (Lipinski definition) is 3. The molecule has 0 bridgehead atoms. The minimum atomic E-state index is 0.0653. The lowest BCUT2D eigenvalue weighted by atomic mass is 10.1. The van der Waals surface area contributed by atoms with Gasteiger partial charge in [0.15, 0.2) is 0 Å². The Hall–Kier alpha value is -1.43. The van der Waals surface area contributed by atoms with Gasteiger partial charge in [-0.05, 0) is 18.9 Å². The number of nitrogens with one attached hydrogen (secondary N) is 2. The quantitative estimate of drug-likeness (QED) is 0.562. The Labute approximate surface area is 95.0 Å². The van der Waals surface area contributed by atoms with Gasteiger partial charge in [0.05, 0.1) is 0 Å². The fourth-order valence-corrected chi connectivity index (χ4v) is 1.31. The van der Waals surface area contributed by atoms with Crippen LogP contribution in [0.15, 0.2) is 6.33 Å². The van der Waals surface area contributed by atoms with E-state index < -0.39 is 0 Å². The Bertz CT molecular complexity index is 298. The summed E-state index contributed by atoms with van der Waals surface area (Å²) >= 11 is 0. The maximum Gasteiger partial charge on any atom is 0.220 e. The van der Waals surface area contributed by atoms with Crippen LogP contribution in [-0.4, -0.2) is 34.2 Å². The Morgan fingerprint density at radius 3 is 3.12 bits per heavy atom. The van der Waals surface area contributed by atoms with Crippen LogP contribution in [0.4, 0.5) is 0 Å². The van der Waals surface area contributed by atoms with Gasteiger partial charge in [-0.3, -0.25) is 9.89 Å². The van der Waals surface area contributed by atoms with Gasteiger partial charge in [-0.1, -0.05) is 6.92 Å². The maximum atomic E-state index is 11.4.